The fraction of sp³-hybridized carbons (Fsp3) is 0.286. The Hall–Kier alpha value is -2.42. The van der Waals surface area contributed by atoms with E-state index in [1.54, 1.807) is 0 Å². The van der Waals surface area contributed by atoms with Crippen molar-refractivity contribution in [3.8, 4) is 0 Å². The third-order valence-corrected chi connectivity index (χ3v) is 3.01. The van der Waals surface area contributed by atoms with Gasteiger partial charge in [0, 0.05) is 12.7 Å². The smallest absolute Gasteiger partial charge is 0.258 e. The van der Waals surface area contributed by atoms with Crippen molar-refractivity contribution in [2.45, 2.75) is 6.54 Å². The van der Waals surface area contributed by atoms with Crippen LogP contribution in [0.25, 0.3) is 0 Å². The van der Waals surface area contributed by atoms with Crippen molar-refractivity contribution in [2.24, 2.45) is 0 Å². The van der Waals surface area contributed by atoms with Crippen molar-refractivity contribution in [3.63, 3.8) is 0 Å². The summed E-state index contributed by atoms with van der Waals surface area (Å²) in [6.07, 6.45) is 2.79. The predicted molar refractivity (Wildman–Crippen MR) is 75.0 cm³/mol. The first-order chi connectivity index (χ1) is 10.8. The minimum atomic E-state index is -2.03. The number of aromatic nitrogens is 2. The summed E-state index contributed by atoms with van der Waals surface area (Å²) in [5, 5.41) is 6.23. The van der Waals surface area contributed by atoms with Crippen molar-refractivity contribution >= 4 is 11.6 Å². The van der Waals surface area contributed by atoms with Gasteiger partial charge in [0.25, 0.3) is 5.91 Å². The number of likely N-dealkylation sites (N-methyl/N-ethyl adjacent to an activating group) is 1. The lowest BCUT2D eigenvalue weighted by Crippen LogP contribution is -2.18. The molecule has 0 spiro atoms. The van der Waals surface area contributed by atoms with Crippen molar-refractivity contribution in [3.05, 3.63) is 47.3 Å². The van der Waals surface area contributed by atoms with E-state index in [0.717, 1.165) is 0 Å². The van der Waals surface area contributed by atoms with Gasteiger partial charge in [0.2, 0.25) is 0 Å². The SMILES string of the molecule is CN(C)CCn1cc(NC(=O)c2cc(F)c(F)c(F)c2F)cn1. The number of benzene rings is 1. The summed E-state index contributed by atoms with van der Waals surface area (Å²) in [6.45, 7) is 1.26. The number of rotatable bonds is 5. The molecule has 2 aromatic rings. The van der Waals surface area contributed by atoms with Gasteiger partial charge in [-0.1, -0.05) is 0 Å². The standard InChI is InChI=1S/C14H14F4N4O/c1-21(2)3-4-22-7-8(6-19-22)20-14(23)9-5-10(15)12(17)13(18)11(9)16/h5-7H,3-4H2,1-2H3,(H,20,23). The summed E-state index contributed by atoms with van der Waals surface area (Å²) in [7, 11) is 3.76. The number of hydrogen-bond donors (Lipinski definition) is 1. The Labute approximate surface area is 129 Å². The maximum Gasteiger partial charge on any atom is 0.258 e. The molecule has 1 N–H and O–H groups in total. The molecule has 0 aliphatic carbocycles. The van der Waals surface area contributed by atoms with E-state index in [2.05, 4.69) is 10.4 Å². The van der Waals surface area contributed by atoms with Crippen LogP contribution in [-0.2, 0) is 6.54 Å². The van der Waals surface area contributed by atoms with E-state index >= 15 is 0 Å². The first-order valence-electron chi connectivity index (χ1n) is 6.61. The zero-order valence-corrected chi connectivity index (χ0v) is 12.4. The maximum atomic E-state index is 13.5. The molecule has 5 nitrogen and oxygen atoms in total. The molecule has 124 valence electrons. The van der Waals surface area contributed by atoms with Gasteiger partial charge in [-0.3, -0.25) is 9.48 Å². The van der Waals surface area contributed by atoms with Gasteiger partial charge in [0.15, 0.2) is 23.3 Å². The number of nitrogens with one attached hydrogen (secondary N) is 1. The molecule has 0 atom stereocenters. The largest absolute Gasteiger partial charge is 0.319 e. The summed E-state index contributed by atoms with van der Waals surface area (Å²) < 4.78 is 54.2. The molecule has 0 bridgehead atoms. The highest BCUT2D eigenvalue weighted by Crippen LogP contribution is 2.19. The van der Waals surface area contributed by atoms with E-state index < -0.39 is 34.7 Å². The van der Waals surface area contributed by atoms with Crippen LogP contribution in [-0.4, -0.2) is 41.2 Å². The topological polar surface area (TPSA) is 50.2 Å². The molecule has 1 amide bonds. The summed E-state index contributed by atoms with van der Waals surface area (Å²) in [4.78, 5) is 13.8. The van der Waals surface area contributed by atoms with Crippen LogP contribution in [0.1, 0.15) is 10.4 Å². The van der Waals surface area contributed by atoms with Crippen molar-refractivity contribution in [1.82, 2.24) is 14.7 Å². The molecule has 2 rings (SSSR count). The van der Waals surface area contributed by atoms with E-state index in [0.29, 0.717) is 19.2 Å². The normalized spacial score (nSPS) is 11.1. The third kappa shape index (κ3) is 3.86. The van der Waals surface area contributed by atoms with Crippen LogP contribution < -0.4 is 5.32 Å². The quantitative estimate of drug-likeness (QED) is 0.520. The Bertz CT molecular complexity index is 730. The third-order valence-electron chi connectivity index (χ3n) is 3.01. The highest BCUT2D eigenvalue weighted by molar-refractivity contribution is 6.04. The van der Waals surface area contributed by atoms with Crippen LogP contribution in [0.4, 0.5) is 23.2 Å². The Morgan fingerprint density at radius 3 is 2.57 bits per heavy atom. The molecule has 0 saturated carbocycles. The summed E-state index contributed by atoms with van der Waals surface area (Å²) in [5.41, 5.74) is -0.708. The molecular weight excluding hydrogens is 316 g/mol. The zero-order valence-electron chi connectivity index (χ0n) is 12.4. The molecular formula is C14H14F4N4O. The van der Waals surface area contributed by atoms with Gasteiger partial charge in [-0.05, 0) is 20.2 Å². The Morgan fingerprint density at radius 1 is 1.22 bits per heavy atom. The lowest BCUT2D eigenvalue weighted by atomic mass is 10.1. The lowest BCUT2D eigenvalue weighted by molar-refractivity contribution is 0.102. The number of hydrogen-bond acceptors (Lipinski definition) is 3. The van der Waals surface area contributed by atoms with E-state index in [4.69, 9.17) is 0 Å². The number of anilines is 1. The second-order valence-electron chi connectivity index (χ2n) is 5.10. The fourth-order valence-electron chi connectivity index (χ4n) is 1.79. The van der Waals surface area contributed by atoms with Gasteiger partial charge in [-0.2, -0.15) is 5.10 Å². The van der Waals surface area contributed by atoms with Gasteiger partial charge in [-0.15, -0.1) is 0 Å². The first-order valence-corrected chi connectivity index (χ1v) is 6.61. The molecule has 23 heavy (non-hydrogen) atoms. The van der Waals surface area contributed by atoms with Gasteiger partial charge >= 0.3 is 0 Å². The number of carbonyl (C=O) groups is 1. The fourth-order valence-corrected chi connectivity index (χ4v) is 1.79. The monoisotopic (exact) mass is 330 g/mol. The molecule has 0 fully saturated rings. The summed E-state index contributed by atoms with van der Waals surface area (Å²) >= 11 is 0. The second-order valence-corrected chi connectivity index (χ2v) is 5.10. The molecule has 1 aromatic heterocycles. The van der Waals surface area contributed by atoms with E-state index in [-0.39, 0.29) is 5.69 Å². The van der Waals surface area contributed by atoms with Gasteiger partial charge in [0.1, 0.15) is 0 Å². The molecule has 0 aliphatic rings. The van der Waals surface area contributed by atoms with Crippen molar-refractivity contribution < 1.29 is 22.4 Å². The van der Waals surface area contributed by atoms with E-state index in [1.165, 1.54) is 17.1 Å². The molecule has 0 radical (unpaired) electrons. The summed E-state index contributed by atoms with van der Waals surface area (Å²) in [5.74, 6) is -8.49. The number of halogens is 4. The van der Waals surface area contributed by atoms with Crippen LogP contribution in [0, 0.1) is 23.3 Å². The Kier molecular flexibility index (Phi) is 4.99. The van der Waals surface area contributed by atoms with Crippen molar-refractivity contribution in [2.75, 3.05) is 26.0 Å². The van der Waals surface area contributed by atoms with E-state index in [9.17, 15) is 22.4 Å². The maximum absolute atomic E-state index is 13.5. The van der Waals surface area contributed by atoms with Crippen LogP contribution in [0.15, 0.2) is 18.5 Å². The lowest BCUT2D eigenvalue weighted by Gasteiger charge is -2.08. The van der Waals surface area contributed by atoms with Crippen molar-refractivity contribution in [1.29, 1.82) is 0 Å². The average molecular weight is 330 g/mol. The zero-order chi connectivity index (χ0) is 17.1. The minimum absolute atomic E-state index is 0.221. The van der Waals surface area contributed by atoms with Gasteiger partial charge in [0.05, 0.1) is 24.0 Å². The highest BCUT2D eigenvalue weighted by Gasteiger charge is 2.23. The summed E-state index contributed by atoms with van der Waals surface area (Å²) in [6, 6.07) is 0.305. The molecule has 1 aromatic carbocycles. The Balaban J connectivity index is 2.14. The van der Waals surface area contributed by atoms with E-state index in [1.807, 2.05) is 19.0 Å². The first kappa shape index (κ1) is 16.9. The van der Waals surface area contributed by atoms with Crippen LogP contribution in [0.2, 0.25) is 0 Å². The Morgan fingerprint density at radius 2 is 1.91 bits per heavy atom. The second kappa shape index (κ2) is 6.78. The minimum Gasteiger partial charge on any atom is -0.319 e. The van der Waals surface area contributed by atoms with Crippen LogP contribution in [0.3, 0.4) is 0 Å². The van der Waals surface area contributed by atoms with Crippen LogP contribution >= 0.6 is 0 Å². The number of amides is 1. The number of carbonyl (C=O) groups excluding carboxylic acids is 1. The predicted octanol–water partition coefficient (Wildman–Crippen LogP) is 2.25. The van der Waals surface area contributed by atoms with Gasteiger partial charge < -0.3 is 10.2 Å². The molecule has 9 heteroatoms. The van der Waals surface area contributed by atoms with Gasteiger partial charge in [-0.25, -0.2) is 17.6 Å². The molecule has 1 heterocycles. The average Bonchev–Trinajstić information content (AvgIpc) is 2.94. The van der Waals surface area contributed by atoms with Crippen LogP contribution in [0.5, 0.6) is 0 Å². The highest BCUT2D eigenvalue weighted by atomic mass is 19.2. The number of nitrogens with zero attached hydrogens (tertiary/aromatic N) is 3. The molecule has 0 saturated heterocycles. The molecule has 0 unspecified atom stereocenters. The molecule has 0 aliphatic heterocycles.